The Hall–Kier alpha value is -2.00. The number of nitrogens with zero attached hydrogens (tertiary/aromatic N) is 1. The van der Waals surface area contributed by atoms with Crippen molar-refractivity contribution in [2.45, 2.75) is 25.8 Å². The second kappa shape index (κ2) is 5.03. The molecule has 4 rings (SSSR count). The molecule has 3 heteroatoms. The predicted molar refractivity (Wildman–Crippen MR) is 87.5 cm³/mol. The van der Waals surface area contributed by atoms with Gasteiger partial charge in [-0.2, -0.15) is 0 Å². The van der Waals surface area contributed by atoms with Crippen LogP contribution in [0.3, 0.4) is 0 Å². The van der Waals surface area contributed by atoms with E-state index in [1.165, 1.54) is 22.3 Å². The standard InChI is InChI=1S/C19H21NO2/c1-3-22-16-8-7-13-11-15-17-12(9-10-20(15)2)5-4-6-14(17)18(13)19(16)21/h4-8,15,21H,3,9-11H2,1-2H3/t15-/m1/s1. The third kappa shape index (κ3) is 1.85. The minimum absolute atomic E-state index is 0.291. The second-order valence-corrected chi connectivity index (χ2v) is 6.21. The van der Waals surface area contributed by atoms with E-state index < -0.39 is 0 Å². The van der Waals surface area contributed by atoms with Crippen molar-refractivity contribution in [3.63, 3.8) is 0 Å². The third-order valence-electron chi connectivity index (χ3n) is 5.01. The molecular weight excluding hydrogens is 274 g/mol. The van der Waals surface area contributed by atoms with E-state index in [4.69, 9.17) is 4.74 Å². The molecule has 0 aromatic heterocycles. The fraction of sp³-hybridized carbons (Fsp3) is 0.368. The Balaban J connectivity index is 1.96. The molecule has 0 radical (unpaired) electrons. The van der Waals surface area contributed by atoms with Crippen molar-refractivity contribution >= 4 is 0 Å². The number of fused-ring (bicyclic) bond motifs is 2. The molecule has 0 bridgehead atoms. The van der Waals surface area contributed by atoms with Gasteiger partial charge in [-0.3, -0.25) is 4.90 Å². The molecule has 0 unspecified atom stereocenters. The Kier molecular flexibility index (Phi) is 3.12. The normalized spacial score (nSPS) is 19.5. The lowest BCUT2D eigenvalue weighted by Gasteiger charge is -2.40. The number of benzene rings is 2. The molecule has 1 heterocycles. The first-order chi connectivity index (χ1) is 10.7. The van der Waals surface area contributed by atoms with Crippen molar-refractivity contribution < 1.29 is 9.84 Å². The molecule has 114 valence electrons. The highest BCUT2D eigenvalue weighted by Gasteiger charge is 2.34. The van der Waals surface area contributed by atoms with E-state index in [0.717, 1.165) is 24.9 Å². The first-order valence-electron chi connectivity index (χ1n) is 8.00. The van der Waals surface area contributed by atoms with Crippen molar-refractivity contribution in [2.24, 2.45) is 0 Å². The monoisotopic (exact) mass is 295 g/mol. The summed E-state index contributed by atoms with van der Waals surface area (Å²) in [4.78, 5) is 2.43. The van der Waals surface area contributed by atoms with Crippen LogP contribution in [0.25, 0.3) is 11.1 Å². The van der Waals surface area contributed by atoms with Gasteiger partial charge in [0.15, 0.2) is 11.5 Å². The average Bonchev–Trinajstić information content (AvgIpc) is 2.53. The molecule has 0 spiro atoms. The molecule has 1 atom stereocenters. The van der Waals surface area contributed by atoms with Crippen molar-refractivity contribution in [3.8, 4) is 22.6 Å². The van der Waals surface area contributed by atoms with Crippen LogP contribution in [0.2, 0.25) is 0 Å². The fourth-order valence-electron chi connectivity index (χ4n) is 3.94. The molecule has 0 saturated heterocycles. The zero-order valence-electron chi connectivity index (χ0n) is 13.1. The van der Waals surface area contributed by atoms with E-state index in [1.807, 2.05) is 13.0 Å². The maximum Gasteiger partial charge on any atom is 0.165 e. The number of ether oxygens (including phenoxy) is 1. The molecule has 0 amide bonds. The van der Waals surface area contributed by atoms with Gasteiger partial charge in [0.25, 0.3) is 0 Å². The number of likely N-dealkylation sites (N-methyl/N-ethyl adjacent to an activating group) is 1. The predicted octanol–water partition coefficient (Wildman–Crippen LogP) is 3.54. The fourth-order valence-corrected chi connectivity index (χ4v) is 3.94. The van der Waals surface area contributed by atoms with Crippen LogP contribution in [-0.4, -0.2) is 30.2 Å². The smallest absolute Gasteiger partial charge is 0.165 e. The summed E-state index contributed by atoms with van der Waals surface area (Å²) >= 11 is 0. The van der Waals surface area contributed by atoms with E-state index in [2.05, 4.69) is 36.2 Å². The Morgan fingerprint density at radius 1 is 1.23 bits per heavy atom. The Labute approximate surface area is 131 Å². The Morgan fingerprint density at radius 3 is 2.91 bits per heavy atom. The van der Waals surface area contributed by atoms with Gasteiger partial charge in [0.1, 0.15) is 0 Å². The maximum atomic E-state index is 10.7. The molecule has 1 aliphatic carbocycles. The summed E-state index contributed by atoms with van der Waals surface area (Å²) in [6, 6.07) is 10.9. The summed E-state index contributed by atoms with van der Waals surface area (Å²) in [6.45, 7) is 3.60. The number of hydrogen-bond acceptors (Lipinski definition) is 3. The SMILES string of the molecule is CCOc1ccc2c(c1O)-c1cccc3c1[C@@H](C2)N(C)CC3. The number of phenolic OH excluding ortho intramolecular Hbond substituents is 1. The van der Waals surface area contributed by atoms with E-state index in [9.17, 15) is 5.11 Å². The number of phenols is 1. The second-order valence-electron chi connectivity index (χ2n) is 6.21. The molecule has 0 saturated carbocycles. The molecule has 22 heavy (non-hydrogen) atoms. The lowest BCUT2D eigenvalue weighted by molar-refractivity contribution is 0.228. The van der Waals surface area contributed by atoms with Gasteiger partial charge in [0.05, 0.1) is 6.61 Å². The largest absolute Gasteiger partial charge is 0.504 e. The van der Waals surface area contributed by atoms with Crippen LogP contribution in [0.4, 0.5) is 0 Å². The zero-order chi connectivity index (χ0) is 15.3. The number of hydrogen-bond donors (Lipinski definition) is 1. The van der Waals surface area contributed by atoms with E-state index >= 15 is 0 Å². The van der Waals surface area contributed by atoms with Crippen LogP contribution in [0.1, 0.15) is 29.7 Å². The van der Waals surface area contributed by atoms with Crippen LogP contribution in [0.15, 0.2) is 30.3 Å². The molecule has 0 fully saturated rings. The summed E-state index contributed by atoms with van der Waals surface area (Å²) in [7, 11) is 2.20. The number of rotatable bonds is 2. The van der Waals surface area contributed by atoms with Crippen molar-refractivity contribution in [2.75, 3.05) is 20.2 Å². The lowest BCUT2D eigenvalue weighted by Crippen LogP contribution is -2.35. The highest BCUT2D eigenvalue weighted by Crippen LogP contribution is 2.50. The molecular formula is C19H21NO2. The molecule has 1 aliphatic heterocycles. The summed E-state index contributed by atoms with van der Waals surface area (Å²) in [5, 5.41) is 10.7. The Bertz CT molecular complexity index is 738. The molecule has 3 nitrogen and oxygen atoms in total. The van der Waals surface area contributed by atoms with Crippen LogP contribution >= 0.6 is 0 Å². The van der Waals surface area contributed by atoms with Crippen LogP contribution in [0, 0.1) is 0 Å². The topological polar surface area (TPSA) is 32.7 Å². The first-order valence-corrected chi connectivity index (χ1v) is 8.00. The Morgan fingerprint density at radius 2 is 2.09 bits per heavy atom. The van der Waals surface area contributed by atoms with Gasteiger partial charge in [0, 0.05) is 18.2 Å². The minimum Gasteiger partial charge on any atom is -0.504 e. The third-order valence-corrected chi connectivity index (χ3v) is 5.01. The molecule has 2 aromatic rings. The van der Waals surface area contributed by atoms with E-state index in [-0.39, 0.29) is 0 Å². The highest BCUT2D eigenvalue weighted by atomic mass is 16.5. The lowest BCUT2D eigenvalue weighted by atomic mass is 9.77. The highest BCUT2D eigenvalue weighted by molar-refractivity contribution is 5.82. The van der Waals surface area contributed by atoms with Crippen LogP contribution in [-0.2, 0) is 12.8 Å². The maximum absolute atomic E-state index is 10.7. The summed E-state index contributed by atoms with van der Waals surface area (Å²) in [6.07, 6.45) is 2.03. The molecule has 1 N–H and O–H groups in total. The first kappa shape index (κ1) is 13.6. The van der Waals surface area contributed by atoms with Crippen LogP contribution in [0.5, 0.6) is 11.5 Å². The molecule has 2 aliphatic rings. The van der Waals surface area contributed by atoms with Gasteiger partial charge in [0.2, 0.25) is 0 Å². The minimum atomic E-state index is 0.291. The summed E-state index contributed by atoms with van der Waals surface area (Å²) in [5.74, 6) is 0.876. The van der Waals surface area contributed by atoms with E-state index in [0.29, 0.717) is 24.1 Å². The van der Waals surface area contributed by atoms with Gasteiger partial charge in [-0.15, -0.1) is 0 Å². The molecule has 2 aromatic carbocycles. The van der Waals surface area contributed by atoms with Crippen molar-refractivity contribution in [3.05, 3.63) is 47.0 Å². The summed E-state index contributed by atoms with van der Waals surface area (Å²) < 4.78 is 5.58. The van der Waals surface area contributed by atoms with E-state index in [1.54, 1.807) is 0 Å². The van der Waals surface area contributed by atoms with Crippen molar-refractivity contribution in [1.29, 1.82) is 0 Å². The van der Waals surface area contributed by atoms with Gasteiger partial charge >= 0.3 is 0 Å². The van der Waals surface area contributed by atoms with Crippen LogP contribution < -0.4 is 4.74 Å². The van der Waals surface area contributed by atoms with Gasteiger partial charge in [-0.05, 0) is 55.1 Å². The quantitative estimate of drug-likeness (QED) is 0.920. The van der Waals surface area contributed by atoms with Gasteiger partial charge < -0.3 is 9.84 Å². The van der Waals surface area contributed by atoms with Gasteiger partial charge in [-0.1, -0.05) is 24.3 Å². The average molecular weight is 295 g/mol. The summed E-state index contributed by atoms with van der Waals surface area (Å²) in [5.41, 5.74) is 6.17. The number of aromatic hydroxyl groups is 1. The zero-order valence-corrected chi connectivity index (χ0v) is 13.1. The van der Waals surface area contributed by atoms with Gasteiger partial charge in [-0.25, -0.2) is 0 Å². The van der Waals surface area contributed by atoms with Crippen molar-refractivity contribution in [1.82, 2.24) is 4.90 Å².